The highest BCUT2D eigenvalue weighted by Crippen LogP contribution is 2.28. The van der Waals surface area contributed by atoms with Gasteiger partial charge in [0.05, 0.1) is 13.2 Å². The van der Waals surface area contributed by atoms with E-state index in [1.165, 1.54) is 11.1 Å². The van der Waals surface area contributed by atoms with E-state index in [4.69, 9.17) is 4.74 Å². The Morgan fingerprint density at radius 3 is 3.06 bits per heavy atom. The molecule has 1 aromatic carbocycles. The smallest absolute Gasteiger partial charge is 0.147 e. The molecule has 0 fully saturated rings. The van der Waals surface area contributed by atoms with Crippen molar-refractivity contribution in [1.29, 1.82) is 0 Å². The molecule has 1 N–H and O–H groups in total. The molecule has 88 valence electrons. The van der Waals surface area contributed by atoms with E-state index in [1.54, 1.807) is 11.3 Å². The average Bonchev–Trinajstić information content (AvgIpc) is 2.96. The van der Waals surface area contributed by atoms with E-state index >= 15 is 0 Å². The standard InChI is InChI=1S/C12H13N3OS/c1-13-5-11-14-15-12(17-11)8-2-3-9-6-16-7-10(9)4-8/h2-4,13H,5-7H2,1H3. The average molecular weight is 247 g/mol. The summed E-state index contributed by atoms with van der Waals surface area (Å²) in [7, 11) is 1.91. The molecule has 0 atom stereocenters. The van der Waals surface area contributed by atoms with E-state index in [9.17, 15) is 0 Å². The van der Waals surface area contributed by atoms with Gasteiger partial charge in [-0.05, 0) is 24.2 Å². The monoisotopic (exact) mass is 247 g/mol. The highest BCUT2D eigenvalue weighted by atomic mass is 32.1. The Morgan fingerprint density at radius 2 is 2.18 bits per heavy atom. The molecule has 0 amide bonds. The van der Waals surface area contributed by atoms with E-state index in [1.807, 2.05) is 7.05 Å². The molecule has 2 aromatic rings. The van der Waals surface area contributed by atoms with Gasteiger partial charge in [0.25, 0.3) is 0 Å². The zero-order valence-corrected chi connectivity index (χ0v) is 10.4. The predicted molar refractivity (Wildman–Crippen MR) is 66.6 cm³/mol. The lowest BCUT2D eigenvalue weighted by Gasteiger charge is -1.99. The highest BCUT2D eigenvalue weighted by Gasteiger charge is 2.13. The zero-order valence-electron chi connectivity index (χ0n) is 9.56. The van der Waals surface area contributed by atoms with Crippen molar-refractivity contribution in [1.82, 2.24) is 15.5 Å². The van der Waals surface area contributed by atoms with Gasteiger partial charge in [0, 0.05) is 12.1 Å². The first-order chi connectivity index (χ1) is 8.36. The summed E-state index contributed by atoms with van der Waals surface area (Å²) in [4.78, 5) is 0. The van der Waals surface area contributed by atoms with Crippen molar-refractivity contribution >= 4 is 11.3 Å². The van der Waals surface area contributed by atoms with Crippen LogP contribution in [0, 0.1) is 0 Å². The molecule has 0 bridgehead atoms. The molecule has 0 unspecified atom stereocenters. The number of hydrogen-bond acceptors (Lipinski definition) is 5. The largest absolute Gasteiger partial charge is 0.372 e. The molecule has 5 heteroatoms. The van der Waals surface area contributed by atoms with Crippen molar-refractivity contribution in [3.05, 3.63) is 34.3 Å². The fourth-order valence-electron chi connectivity index (χ4n) is 1.90. The molecule has 4 nitrogen and oxygen atoms in total. The van der Waals surface area contributed by atoms with Crippen LogP contribution in [-0.2, 0) is 24.5 Å². The van der Waals surface area contributed by atoms with Crippen LogP contribution in [0.3, 0.4) is 0 Å². The molecule has 0 saturated carbocycles. The molecule has 0 spiro atoms. The van der Waals surface area contributed by atoms with E-state index < -0.39 is 0 Å². The summed E-state index contributed by atoms with van der Waals surface area (Å²) in [6.07, 6.45) is 0. The molecule has 17 heavy (non-hydrogen) atoms. The third-order valence-corrected chi connectivity index (χ3v) is 3.74. The lowest BCUT2D eigenvalue weighted by atomic mass is 10.1. The van der Waals surface area contributed by atoms with Crippen LogP contribution < -0.4 is 5.32 Å². The molecule has 1 aromatic heterocycles. The van der Waals surface area contributed by atoms with Crippen molar-refractivity contribution in [2.45, 2.75) is 19.8 Å². The van der Waals surface area contributed by atoms with Gasteiger partial charge in [-0.25, -0.2) is 0 Å². The number of nitrogens with zero attached hydrogens (tertiary/aromatic N) is 2. The second kappa shape index (κ2) is 4.52. The Bertz CT molecular complexity index is 538. The fourth-order valence-corrected chi connectivity index (χ4v) is 2.75. The molecule has 2 heterocycles. The van der Waals surface area contributed by atoms with Gasteiger partial charge < -0.3 is 10.1 Å². The Labute approximate surface area is 104 Å². The maximum Gasteiger partial charge on any atom is 0.147 e. The SMILES string of the molecule is CNCc1nnc(-c2ccc3c(c2)COC3)s1. The molecule has 3 rings (SSSR count). The Morgan fingerprint density at radius 1 is 1.29 bits per heavy atom. The summed E-state index contributed by atoms with van der Waals surface area (Å²) in [6.45, 7) is 2.22. The molecule has 1 aliphatic heterocycles. The van der Waals surface area contributed by atoms with Crippen molar-refractivity contribution in [2.75, 3.05) is 7.05 Å². The minimum Gasteiger partial charge on any atom is -0.372 e. The van der Waals surface area contributed by atoms with Gasteiger partial charge in [0.2, 0.25) is 0 Å². The number of rotatable bonds is 3. The summed E-state index contributed by atoms with van der Waals surface area (Å²) in [5.41, 5.74) is 3.69. The van der Waals surface area contributed by atoms with Gasteiger partial charge in [-0.2, -0.15) is 0 Å². The van der Waals surface area contributed by atoms with Gasteiger partial charge >= 0.3 is 0 Å². The fraction of sp³-hybridized carbons (Fsp3) is 0.333. The highest BCUT2D eigenvalue weighted by molar-refractivity contribution is 7.14. The van der Waals surface area contributed by atoms with Crippen LogP contribution in [0.1, 0.15) is 16.1 Å². The first kappa shape index (κ1) is 10.8. The van der Waals surface area contributed by atoms with Crippen LogP contribution in [0.2, 0.25) is 0 Å². The zero-order chi connectivity index (χ0) is 11.7. The number of nitrogens with one attached hydrogen (secondary N) is 1. The Balaban J connectivity index is 1.92. The van der Waals surface area contributed by atoms with Gasteiger partial charge in [-0.3, -0.25) is 0 Å². The molecule has 0 aliphatic carbocycles. The van der Waals surface area contributed by atoms with Crippen molar-refractivity contribution in [3.8, 4) is 10.6 Å². The third-order valence-electron chi connectivity index (χ3n) is 2.76. The number of benzene rings is 1. The van der Waals surface area contributed by atoms with Crippen LogP contribution >= 0.6 is 11.3 Å². The number of ether oxygens (including phenoxy) is 1. The van der Waals surface area contributed by atoms with Crippen LogP contribution in [0.25, 0.3) is 10.6 Å². The topological polar surface area (TPSA) is 47.0 Å². The molecule has 0 saturated heterocycles. The molecule has 0 radical (unpaired) electrons. The van der Waals surface area contributed by atoms with Crippen LogP contribution in [0.4, 0.5) is 0 Å². The third kappa shape index (κ3) is 2.09. The van der Waals surface area contributed by atoms with Crippen molar-refractivity contribution in [2.24, 2.45) is 0 Å². The van der Waals surface area contributed by atoms with Crippen LogP contribution in [-0.4, -0.2) is 17.2 Å². The van der Waals surface area contributed by atoms with Gasteiger partial charge in [-0.1, -0.05) is 23.5 Å². The van der Waals surface area contributed by atoms with E-state index in [2.05, 4.69) is 33.7 Å². The summed E-state index contributed by atoms with van der Waals surface area (Å²) in [6, 6.07) is 6.37. The second-order valence-corrected chi connectivity index (χ2v) is 5.07. The predicted octanol–water partition coefficient (Wildman–Crippen LogP) is 1.95. The van der Waals surface area contributed by atoms with Crippen molar-refractivity contribution in [3.63, 3.8) is 0 Å². The number of aromatic nitrogens is 2. The van der Waals surface area contributed by atoms with Crippen molar-refractivity contribution < 1.29 is 4.74 Å². The van der Waals surface area contributed by atoms with Crippen LogP contribution in [0.15, 0.2) is 18.2 Å². The quantitative estimate of drug-likeness (QED) is 0.900. The van der Waals surface area contributed by atoms with Gasteiger partial charge in [0.1, 0.15) is 10.0 Å². The number of hydrogen-bond donors (Lipinski definition) is 1. The van der Waals surface area contributed by atoms with Gasteiger partial charge in [-0.15, -0.1) is 10.2 Å². The van der Waals surface area contributed by atoms with E-state index in [0.717, 1.165) is 28.7 Å². The summed E-state index contributed by atoms with van der Waals surface area (Å²) in [5.74, 6) is 0. The summed E-state index contributed by atoms with van der Waals surface area (Å²) >= 11 is 1.63. The minimum absolute atomic E-state index is 0.714. The van der Waals surface area contributed by atoms with Gasteiger partial charge in [0.15, 0.2) is 0 Å². The summed E-state index contributed by atoms with van der Waals surface area (Å²) < 4.78 is 5.41. The number of fused-ring (bicyclic) bond motifs is 1. The molecular weight excluding hydrogens is 234 g/mol. The second-order valence-electron chi connectivity index (χ2n) is 4.01. The van der Waals surface area contributed by atoms with E-state index in [-0.39, 0.29) is 0 Å². The lowest BCUT2D eigenvalue weighted by Crippen LogP contribution is -2.04. The molecular formula is C12H13N3OS. The lowest BCUT2D eigenvalue weighted by molar-refractivity contribution is 0.134. The Hall–Kier alpha value is -1.30. The summed E-state index contributed by atoms with van der Waals surface area (Å²) in [5, 5.41) is 13.4. The first-order valence-corrected chi connectivity index (χ1v) is 6.35. The van der Waals surface area contributed by atoms with E-state index in [0.29, 0.717) is 6.61 Å². The normalized spacial score (nSPS) is 13.9. The molecule has 1 aliphatic rings. The first-order valence-electron chi connectivity index (χ1n) is 5.54. The maximum atomic E-state index is 5.41. The maximum absolute atomic E-state index is 5.41. The Kier molecular flexibility index (Phi) is 2.88. The van der Waals surface area contributed by atoms with Crippen LogP contribution in [0.5, 0.6) is 0 Å². The minimum atomic E-state index is 0.714.